The van der Waals surface area contributed by atoms with Crippen LogP contribution in [0, 0.1) is 0 Å². The molecule has 1 aromatic heterocycles. The van der Waals surface area contributed by atoms with Gasteiger partial charge in [0.05, 0.1) is 21.3 Å². The van der Waals surface area contributed by atoms with Crippen molar-refractivity contribution >= 4 is 73.9 Å². The minimum Gasteiger partial charge on any atom is -0.320 e. The number of hydrogen-bond donors (Lipinski definition) is 1. The van der Waals surface area contributed by atoms with Gasteiger partial charge in [-0.3, -0.25) is 4.79 Å². The highest BCUT2D eigenvalue weighted by Gasteiger charge is 2.15. The molecule has 0 saturated carbocycles. The topological polar surface area (TPSA) is 42.0 Å². The van der Waals surface area contributed by atoms with Crippen molar-refractivity contribution in [3.8, 4) is 0 Å². The van der Waals surface area contributed by atoms with Crippen LogP contribution in [-0.2, 0) is 0 Å². The molecule has 3 nitrogen and oxygen atoms in total. The number of pyridine rings is 1. The summed E-state index contributed by atoms with van der Waals surface area (Å²) < 4.78 is 0.633. The Hall–Kier alpha value is -0.520. The molecule has 0 radical (unpaired) electrons. The van der Waals surface area contributed by atoms with Gasteiger partial charge in [-0.25, -0.2) is 4.98 Å². The van der Waals surface area contributed by atoms with Crippen molar-refractivity contribution in [1.29, 1.82) is 0 Å². The highest BCUT2D eigenvalue weighted by atomic mass is 79.9. The number of hydrogen-bond acceptors (Lipinski definition) is 2. The van der Waals surface area contributed by atoms with E-state index in [0.717, 1.165) is 0 Å². The number of rotatable bonds is 2. The van der Waals surface area contributed by atoms with Gasteiger partial charge in [0.15, 0.2) is 0 Å². The summed E-state index contributed by atoms with van der Waals surface area (Å²) in [4.78, 5) is 15.9. The summed E-state index contributed by atoms with van der Waals surface area (Å²) in [5.74, 6) is -0.459. The average Bonchev–Trinajstić information content (AvgIpc) is 2.39. The molecule has 1 N–H and O–H groups in total. The number of benzene rings is 1. The maximum Gasteiger partial charge on any atom is 0.258 e. The van der Waals surface area contributed by atoms with E-state index in [9.17, 15) is 4.79 Å². The van der Waals surface area contributed by atoms with Gasteiger partial charge >= 0.3 is 0 Å². The summed E-state index contributed by atoms with van der Waals surface area (Å²) in [6.45, 7) is 0. The van der Waals surface area contributed by atoms with Gasteiger partial charge in [-0.1, -0.05) is 46.4 Å². The second-order valence-electron chi connectivity index (χ2n) is 3.65. The number of halogens is 5. The van der Waals surface area contributed by atoms with Gasteiger partial charge in [0, 0.05) is 4.47 Å². The quantitative estimate of drug-likeness (QED) is 0.505. The van der Waals surface area contributed by atoms with E-state index in [-0.39, 0.29) is 20.9 Å². The molecule has 104 valence electrons. The van der Waals surface area contributed by atoms with Gasteiger partial charge < -0.3 is 5.32 Å². The number of carbonyl (C=O) groups excluding carboxylic acids is 1. The Bertz CT molecular complexity index is 693. The molecular formula is C12H5BrCl4N2O. The molecule has 8 heteroatoms. The molecule has 0 spiro atoms. The Balaban J connectivity index is 2.30. The van der Waals surface area contributed by atoms with Crippen molar-refractivity contribution in [3.63, 3.8) is 0 Å². The van der Waals surface area contributed by atoms with E-state index in [1.165, 1.54) is 12.1 Å². The lowest BCUT2D eigenvalue weighted by Gasteiger charge is -2.10. The number of nitrogens with one attached hydrogen (secondary N) is 1. The van der Waals surface area contributed by atoms with Crippen LogP contribution in [0.25, 0.3) is 0 Å². The molecule has 1 heterocycles. The van der Waals surface area contributed by atoms with Gasteiger partial charge in [0.1, 0.15) is 10.3 Å². The minimum absolute atomic E-state index is 0.00864. The summed E-state index contributed by atoms with van der Waals surface area (Å²) in [5.41, 5.74) is 0.557. The first-order chi connectivity index (χ1) is 9.40. The second-order valence-corrected chi connectivity index (χ2v) is 6.00. The lowest BCUT2D eigenvalue weighted by atomic mass is 10.2. The van der Waals surface area contributed by atoms with E-state index in [1.54, 1.807) is 12.1 Å². The Kier molecular flexibility index (Phi) is 5.15. The summed E-state index contributed by atoms with van der Waals surface area (Å²) in [6, 6.07) is 6.23. The van der Waals surface area contributed by atoms with Gasteiger partial charge in [-0.2, -0.15) is 0 Å². The predicted molar refractivity (Wildman–Crippen MR) is 86.4 cm³/mol. The smallest absolute Gasteiger partial charge is 0.258 e. The lowest BCUT2D eigenvalue weighted by molar-refractivity contribution is 0.102. The lowest BCUT2D eigenvalue weighted by Crippen LogP contribution is -2.13. The van der Waals surface area contributed by atoms with Crippen LogP contribution in [0.4, 0.5) is 5.69 Å². The van der Waals surface area contributed by atoms with Crippen molar-refractivity contribution in [1.82, 2.24) is 4.98 Å². The summed E-state index contributed by atoms with van der Waals surface area (Å²) in [7, 11) is 0. The Morgan fingerprint density at radius 2 is 1.75 bits per heavy atom. The average molecular weight is 415 g/mol. The molecule has 1 aromatic carbocycles. The largest absolute Gasteiger partial charge is 0.320 e. The first kappa shape index (κ1) is 15.9. The highest BCUT2D eigenvalue weighted by molar-refractivity contribution is 9.10. The first-order valence-electron chi connectivity index (χ1n) is 5.17. The minimum atomic E-state index is -0.459. The third-order valence-electron chi connectivity index (χ3n) is 2.34. The van der Waals surface area contributed by atoms with E-state index >= 15 is 0 Å². The zero-order chi connectivity index (χ0) is 14.9. The van der Waals surface area contributed by atoms with Crippen molar-refractivity contribution in [3.05, 3.63) is 54.7 Å². The number of carbonyl (C=O) groups is 1. The van der Waals surface area contributed by atoms with Crippen LogP contribution in [0.2, 0.25) is 20.4 Å². The van der Waals surface area contributed by atoms with Crippen LogP contribution in [0.5, 0.6) is 0 Å². The second kappa shape index (κ2) is 6.50. The van der Waals surface area contributed by atoms with E-state index in [2.05, 4.69) is 26.2 Å². The zero-order valence-electron chi connectivity index (χ0n) is 9.55. The molecule has 2 rings (SSSR count). The maximum atomic E-state index is 12.1. The van der Waals surface area contributed by atoms with Crippen LogP contribution < -0.4 is 5.32 Å². The van der Waals surface area contributed by atoms with Crippen molar-refractivity contribution in [2.45, 2.75) is 0 Å². The molecule has 1 amide bonds. The van der Waals surface area contributed by atoms with Gasteiger partial charge in [0.25, 0.3) is 5.91 Å². The van der Waals surface area contributed by atoms with Gasteiger partial charge in [-0.15, -0.1) is 0 Å². The van der Waals surface area contributed by atoms with Crippen LogP contribution in [0.15, 0.2) is 28.7 Å². The van der Waals surface area contributed by atoms with Crippen LogP contribution in [0.1, 0.15) is 10.4 Å². The maximum absolute atomic E-state index is 12.1. The van der Waals surface area contributed by atoms with Crippen LogP contribution >= 0.6 is 62.3 Å². The number of amides is 1. The first-order valence-corrected chi connectivity index (χ1v) is 7.47. The Morgan fingerprint density at radius 1 is 1.05 bits per heavy atom. The molecule has 0 aliphatic heterocycles. The highest BCUT2D eigenvalue weighted by Crippen LogP contribution is 2.36. The van der Waals surface area contributed by atoms with Gasteiger partial charge in [-0.05, 0) is 40.2 Å². The zero-order valence-corrected chi connectivity index (χ0v) is 14.2. The fraction of sp³-hybridized carbons (Fsp3) is 0. The standard InChI is InChI=1S/C12H5BrCl4N2O/c13-6-2-3-7(10(16)9(6)15)18-12(20)5-1-4-8(14)19-11(5)17/h1-4H,(H,18,20). The normalized spacial score (nSPS) is 10.4. The number of nitrogens with zero attached hydrogens (tertiary/aromatic N) is 1. The Morgan fingerprint density at radius 3 is 2.40 bits per heavy atom. The van der Waals surface area contributed by atoms with Crippen LogP contribution in [0.3, 0.4) is 0 Å². The summed E-state index contributed by atoms with van der Waals surface area (Å²) >= 11 is 26.8. The predicted octanol–water partition coefficient (Wildman–Crippen LogP) is 5.71. The molecule has 0 aliphatic rings. The van der Waals surface area contributed by atoms with Crippen molar-refractivity contribution < 1.29 is 4.79 Å². The molecule has 0 bridgehead atoms. The Labute approximate surface area is 143 Å². The molecule has 20 heavy (non-hydrogen) atoms. The fourth-order valence-corrected chi connectivity index (χ4v) is 2.65. The molecule has 0 unspecified atom stereocenters. The molecule has 0 fully saturated rings. The van der Waals surface area contributed by atoms with E-state index < -0.39 is 5.91 Å². The van der Waals surface area contributed by atoms with Crippen molar-refractivity contribution in [2.24, 2.45) is 0 Å². The summed E-state index contributed by atoms with van der Waals surface area (Å²) in [5, 5.41) is 3.36. The third-order valence-corrected chi connectivity index (χ3v) is 4.61. The third kappa shape index (κ3) is 3.38. The summed E-state index contributed by atoms with van der Waals surface area (Å²) in [6.07, 6.45) is 0. The van der Waals surface area contributed by atoms with E-state index in [1.807, 2.05) is 0 Å². The molecule has 0 atom stereocenters. The number of aromatic nitrogens is 1. The van der Waals surface area contributed by atoms with E-state index in [4.69, 9.17) is 46.4 Å². The molecule has 0 saturated heterocycles. The van der Waals surface area contributed by atoms with E-state index in [0.29, 0.717) is 15.2 Å². The molecular weight excluding hydrogens is 410 g/mol. The number of anilines is 1. The van der Waals surface area contributed by atoms with Crippen molar-refractivity contribution in [2.75, 3.05) is 5.32 Å². The SMILES string of the molecule is O=C(Nc1ccc(Br)c(Cl)c1Cl)c1ccc(Cl)nc1Cl. The monoisotopic (exact) mass is 412 g/mol. The van der Waals surface area contributed by atoms with Crippen LogP contribution in [-0.4, -0.2) is 10.9 Å². The molecule has 0 aliphatic carbocycles. The fourth-order valence-electron chi connectivity index (χ4n) is 1.39. The molecule has 2 aromatic rings. The van der Waals surface area contributed by atoms with Gasteiger partial charge in [0.2, 0.25) is 0 Å².